The van der Waals surface area contributed by atoms with Crippen molar-refractivity contribution in [1.29, 1.82) is 0 Å². The third-order valence-corrected chi connectivity index (χ3v) is 2.74. The average Bonchev–Trinajstić information content (AvgIpc) is 2.89. The number of nitrogens with zero attached hydrogens (tertiary/aromatic N) is 2. The Bertz CT molecular complexity index is 464. The second kappa shape index (κ2) is 4.65. The van der Waals surface area contributed by atoms with Crippen molar-refractivity contribution in [3.8, 4) is 0 Å². The summed E-state index contributed by atoms with van der Waals surface area (Å²) in [5.41, 5.74) is -1.35. The number of nitrogens with one attached hydrogen (secondary N) is 2. The molecular weight excluding hydrogens is 240 g/mol. The lowest BCUT2D eigenvalue weighted by Gasteiger charge is -2.23. The van der Waals surface area contributed by atoms with Crippen LogP contribution in [-0.2, 0) is 16.6 Å². The average molecular weight is 254 g/mol. The van der Waals surface area contributed by atoms with Crippen molar-refractivity contribution in [3.63, 3.8) is 0 Å². The Morgan fingerprint density at radius 2 is 2.39 bits per heavy atom. The Morgan fingerprint density at radius 1 is 1.61 bits per heavy atom. The summed E-state index contributed by atoms with van der Waals surface area (Å²) in [6, 6.07) is 1.000. The van der Waals surface area contributed by atoms with Crippen LogP contribution in [0.5, 0.6) is 0 Å². The molecule has 1 aromatic heterocycles. The van der Waals surface area contributed by atoms with Crippen molar-refractivity contribution < 1.29 is 19.4 Å². The van der Waals surface area contributed by atoms with E-state index in [0.29, 0.717) is 12.4 Å². The molecule has 0 spiro atoms. The van der Waals surface area contributed by atoms with Crippen molar-refractivity contribution in [2.45, 2.75) is 12.0 Å². The molecule has 1 unspecified atom stereocenters. The fraction of sp³-hybridized carbons (Fsp3) is 0.500. The van der Waals surface area contributed by atoms with Crippen LogP contribution in [0.25, 0.3) is 0 Å². The standard InChI is InChI=1S/C10H14N4O4/c1-14-4-2-7(13-14)11-9(17)12-10(8(15)16)3-5-18-6-10/h2,4H,3,5-6H2,1H3,(H,15,16)(H2,11,12,13,17). The summed E-state index contributed by atoms with van der Waals surface area (Å²) in [5, 5.41) is 18.0. The van der Waals surface area contributed by atoms with Gasteiger partial charge in [-0.25, -0.2) is 9.59 Å². The molecule has 98 valence electrons. The number of aliphatic carboxylic acids is 1. The quantitative estimate of drug-likeness (QED) is 0.691. The van der Waals surface area contributed by atoms with Crippen LogP contribution in [0.1, 0.15) is 6.42 Å². The van der Waals surface area contributed by atoms with Gasteiger partial charge in [-0.3, -0.25) is 10.00 Å². The van der Waals surface area contributed by atoms with Crippen LogP contribution in [0.15, 0.2) is 12.3 Å². The maximum Gasteiger partial charge on any atom is 0.332 e. The Balaban J connectivity index is 1.99. The van der Waals surface area contributed by atoms with E-state index >= 15 is 0 Å². The van der Waals surface area contributed by atoms with E-state index < -0.39 is 17.5 Å². The van der Waals surface area contributed by atoms with E-state index in [2.05, 4.69) is 15.7 Å². The smallest absolute Gasteiger partial charge is 0.332 e. The molecule has 1 atom stereocenters. The molecule has 0 aromatic carbocycles. The number of carbonyl (C=O) groups excluding carboxylic acids is 1. The molecule has 0 bridgehead atoms. The predicted molar refractivity (Wildman–Crippen MR) is 61.2 cm³/mol. The number of ether oxygens (including phenoxy) is 1. The number of hydrogen-bond acceptors (Lipinski definition) is 4. The summed E-state index contributed by atoms with van der Waals surface area (Å²) in [6.07, 6.45) is 1.92. The zero-order valence-electron chi connectivity index (χ0n) is 9.84. The SMILES string of the molecule is Cn1ccc(NC(=O)NC2(C(=O)O)CCOC2)n1. The molecule has 8 nitrogen and oxygen atoms in total. The van der Waals surface area contributed by atoms with Gasteiger partial charge in [0.2, 0.25) is 0 Å². The van der Waals surface area contributed by atoms with E-state index in [9.17, 15) is 9.59 Å². The molecule has 8 heteroatoms. The lowest BCUT2D eigenvalue weighted by Crippen LogP contribution is -2.56. The Hall–Kier alpha value is -2.09. The van der Waals surface area contributed by atoms with Gasteiger partial charge in [0.05, 0.1) is 6.61 Å². The van der Waals surface area contributed by atoms with Gasteiger partial charge in [-0.05, 0) is 0 Å². The molecule has 2 rings (SSSR count). The lowest BCUT2D eigenvalue weighted by atomic mass is 9.99. The minimum Gasteiger partial charge on any atom is -0.479 e. The first-order chi connectivity index (χ1) is 8.52. The van der Waals surface area contributed by atoms with Crippen LogP contribution in [0.3, 0.4) is 0 Å². The number of rotatable bonds is 3. The largest absolute Gasteiger partial charge is 0.479 e. The Morgan fingerprint density at radius 3 is 2.89 bits per heavy atom. The number of carboxylic acid groups (broad SMARTS) is 1. The second-order valence-corrected chi connectivity index (χ2v) is 4.14. The number of amides is 2. The molecule has 2 heterocycles. The van der Waals surface area contributed by atoms with E-state index in [1.807, 2.05) is 0 Å². The normalized spacial score (nSPS) is 22.7. The second-order valence-electron chi connectivity index (χ2n) is 4.14. The van der Waals surface area contributed by atoms with E-state index in [0.717, 1.165) is 0 Å². The Kier molecular flexibility index (Phi) is 3.19. The zero-order valence-corrected chi connectivity index (χ0v) is 9.84. The van der Waals surface area contributed by atoms with Crippen LogP contribution in [0.4, 0.5) is 10.6 Å². The third kappa shape index (κ3) is 2.43. The molecule has 0 aliphatic carbocycles. The van der Waals surface area contributed by atoms with Gasteiger partial charge in [-0.15, -0.1) is 0 Å². The molecule has 1 aliphatic heterocycles. The number of anilines is 1. The van der Waals surface area contributed by atoms with Gasteiger partial charge in [-0.1, -0.05) is 0 Å². The highest BCUT2D eigenvalue weighted by Gasteiger charge is 2.44. The summed E-state index contributed by atoms with van der Waals surface area (Å²) < 4.78 is 6.56. The number of carbonyl (C=O) groups is 2. The number of urea groups is 1. The molecule has 3 N–H and O–H groups in total. The maximum atomic E-state index is 11.7. The third-order valence-electron chi connectivity index (χ3n) is 2.74. The summed E-state index contributed by atoms with van der Waals surface area (Å²) in [5.74, 6) is -0.745. The minimum atomic E-state index is -1.35. The first kappa shape index (κ1) is 12.4. The van der Waals surface area contributed by atoms with Crippen molar-refractivity contribution >= 4 is 17.8 Å². The summed E-state index contributed by atoms with van der Waals surface area (Å²) in [4.78, 5) is 22.9. The zero-order chi connectivity index (χ0) is 13.2. The van der Waals surface area contributed by atoms with E-state index in [1.54, 1.807) is 19.3 Å². The van der Waals surface area contributed by atoms with Gasteiger partial charge in [0.1, 0.15) is 0 Å². The fourth-order valence-electron chi connectivity index (χ4n) is 1.73. The molecule has 2 amide bonds. The van der Waals surface area contributed by atoms with Gasteiger partial charge in [0.25, 0.3) is 0 Å². The molecule has 1 aliphatic rings. The summed E-state index contributed by atoms with van der Waals surface area (Å²) >= 11 is 0. The van der Waals surface area contributed by atoms with Gasteiger partial charge in [-0.2, -0.15) is 5.10 Å². The predicted octanol–water partition coefficient (Wildman–Crippen LogP) is -0.215. The molecule has 1 fully saturated rings. The minimum absolute atomic E-state index is 0.0298. The van der Waals surface area contributed by atoms with Crippen molar-refractivity contribution in [2.24, 2.45) is 7.05 Å². The monoisotopic (exact) mass is 254 g/mol. The molecule has 0 radical (unpaired) electrons. The van der Waals surface area contributed by atoms with Crippen LogP contribution in [0.2, 0.25) is 0 Å². The number of aromatic nitrogens is 2. The molecular formula is C10H14N4O4. The highest BCUT2D eigenvalue weighted by molar-refractivity contribution is 5.93. The highest BCUT2D eigenvalue weighted by atomic mass is 16.5. The van der Waals surface area contributed by atoms with Gasteiger partial charge in [0, 0.05) is 32.3 Å². The molecule has 1 aromatic rings. The first-order valence-corrected chi connectivity index (χ1v) is 5.42. The number of carboxylic acids is 1. The van der Waals surface area contributed by atoms with Crippen LogP contribution in [-0.4, -0.2) is 45.6 Å². The lowest BCUT2D eigenvalue weighted by molar-refractivity contribution is -0.144. The summed E-state index contributed by atoms with van der Waals surface area (Å²) in [7, 11) is 1.71. The van der Waals surface area contributed by atoms with Crippen LogP contribution in [0, 0.1) is 0 Å². The van der Waals surface area contributed by atoms with Crippen molar-refractivity contribution in [2.75, 3.05) is 18.5 Å². The topological polar surface area (TPSA) is 105 Å². The van der Waals surface area contributed by atoms with E-state index in [-0.39, 0.29) is 13.0 Å². The Labute approximate surface area is 103 Å². The maximum absolute atomic E-state index is 11.7. The van der Waals surface area contributed by atoms with E-state index in [1.165, 1.54) is 4.68 Å². The van der Waals surface area contributed by atoms with Gasteiger partial charge >= 0.3 is 12.0 Å². The van der Waals surface area contributed by atoms with Gasteiger partial charge in [0.15, 0.2) is 11.4 Å². The van der Waals surface area contributed by atoms with Crippen molar-refractivity contribution in [1.82, 2.24) is 15.1 Å². The fourth-order valence-corrected chi connectivity index (χ4v) is 1.73. The van der Waals surface area contributed by atoms with E-state index in [4.69, 9.17) is 9.84 Å². The number of hydrogen-bond donors (Lipinski definition) is 3. The number of aryl methyl sites for hydroxylation is 1. The molecule has 0 saturated carbocycles. The first-order valence-electron chi connectivity index (χ1n) is 5.42. The van der Waals surface area contributed by atoms with Crippen LogP contribution < -0.4 is 10.6 Å². The molecule has 18 heavy (non-hydrogen) atoms. The molecule has 1 saturated heterocycles. The van der Waals surface area contributed by atoms with Gasteiger partial charge < -0.3 is 15.2 Å². The van der Waals surface area contributed by atoms with Crippen LogP contribution >= 0.6 is 0 Å². The summed E-state index contributed by atoms with van der Waals surface area (Å²) in [6.45, 7) is 0.286. The highest BCUT2D eigenvalue weighted by Crippen LogP contribution is 2.19. The van der Waals surface area contributed by atoms with Crippen molar-refractivity contribution in [3.05, 3.63) is 12.3 Å².